The van der Waals surface area contributed by atoms with Gasteiger partial charge in [-0.3, -0.25) is 43.7 Å². The molecule has 7 heterocycles. The lowest BCUT2D eigenvalue weighted by atomic mass is 9.51. The molecule has 17 rings (SSSR count). The molecule has 130 heavy (non-hydrogen) atoms. The number of nitrogens with two attached hydrogens (primary N) is 2. The minimum Gasteiger partial charge on any atom is -0.507 e. The van der Waals surface area contributed by atoms with Gasteiger partial charge in [-0.05, 0) is 203 Å². The standard InChI is InChI=1S/C93H113Cl2N9O26/c1-8-45(21-41(2)3)87(117)103-78-63(108)30-52(33-73(96)111)88(118)101-76-51-31-70(126-66-14-10-47(80(78)112)28-59(66)94)84(130-91-85(83(115)82(114)72(40-105)128-91)129-74-39-93(5,97)86(116)42(4)124-74)71(32-51)127-67-15-11-48(29-60(67)95)81(113)79-90(120)102-77(65(110)37-55-49-23-43-22-44(25-49)26-50(55)24-43)58-35-54(125-92(121)100-53-12-16-68(122-19-17-98-6)69(34-53)123-20-18-99-7)36-62(107)75(58)57-27-46(9-13-61(57)106)56(38-64(76)109)89(119)104-79/h9-16,27-29,31-32,34-36,41-45,49-50,52,55-56,72,74,76-83,85-86,91,98-99,105-107,112-116H,8,17-26,30,33,37-40,97H2,1-7H3,(H2,96,111)(H,100,121)(H,101,118)(H,102,120)(H,103,117)(H,104,119)/t42-,43?,44?,45+,49?,50?,52-,55?,56+,72+,74-,76+,77-,78-,79-,80+,81+,82+,83-,85+,86+,91-,93-/m0/s1. The molecule has 4 saturated carbocycles. The van der Waals surface area contributed by atoms with Crippen molar-refractivity contribution in [3.63, 3.8) is 0 Å². The van der Waals surface area contributed by atoms with Gasteiger partial charge in [0, 0.05) is 85.6 Å². The van der Waals surface area contributed by atoms with Crippen LogP contribution in [0.5, 0.6) is 57.5 Å². The second kappa shape index (κ2) is 40.8. The molecular weight excluding hydrogens is 1730 g/mol. The fraction of sp³-hybridized carbons (Fsp3) is 0.516. The summed E-state index contributed by atoms with van der Waals surface area (Å²) >= 11 is 14.6. The van der Waals surface area contributed by atoms with Crippen molar-refractivity contribution in [1.29, 1.82) is 0 Å². The number of phenolic OH excluding ortho intramolecular Hbond substituents is 2. The summed E-state index contributed by atoms with van der Waals surface area (Å²) < 4.78 is 57.2. The summed E-state index contributed by atoms with van der Waals surface area (Å²) in [6.45, 7) is 9.03. The van der Waals surface area contributed by atoms with Crippen LogP contribution in [0.15, 0.2) is 97.1 Å². The third kappa shape index (κ3) is 21.2. The number of hydrogen-bond acceptors (Lipinski definition) is 29. The predicted octanol–water partition coefficient (Wildman–Crippen LogP) is 7.57. The largest absolute Gasteiger partial charge is 0.507 e. The first-order chi connectivity index (χ1) is 62.0. The molecule has 0 radical (unpaired) electrons. The smallest absolute Gasteiger partial charge is 0.417 e. The maximum Gasteiger partial charge on any atom is 0.417 e. The SMILES string of the molecule is CC[C@H](CC(C)C)C(=O)N[C@H]1C(=O)C[C@@H](CC(N)=O)C(=O)N[C@H]2C(=O)C[C@H]3C(=O)N[C@H](C(=O)N[C@H](C(=O)CC4C5CC6CC(C5)CC4C6)c4cc(OC(=O)Nc5ccc(OCCNC)c(OCCNC)c5)cc(O)c4-c4cc3ccc4O)[C@H](O)c3ccc(c(Cl)c3)Oc3cc2cc(c3O[C@@H]2O[C@H](CO)[C@@H](O)[C@H](O)[C@H]2O[C@H]2C[C@](C)(N)[C@H](O)[C@H](C)O2)Oc2ccc(cc2Cl)[C@H]1O. The van der Waals surface area contributed by atoms with Crippen LogP contribution in [0.2, 0.25) is 10.0 Å². The van der Waals surface area contributed by atoms with Gasteiger partial charge in [0.15, 0.2) is 52.7 Å². The highest BCUT2D eigenvalue weighted by molar-refractivity contribution is 6.32. The van der Waals surface area contributed by atoms with E-state index in [9.17, 15) is 55.2 Å². The molecule has 11 aliphatic rings. The Morgan fingerprint density at radius 2 is 1.32 bits per heavy atom. The van der Waals surface area contributed by atoms with Gasteiger partial charge in [-0.1, -0.05) is 62.2 Å². The number of anilines is 1. The van der Waals surface area contributed by atoms with Crippen molar-refractivity contribution < 1.29 is 127 Å². The van der Waals surface area contributed by atoms with Crippen molar-refractivity contribution in [3.8, 4) is 68.6 Å². The van der Waals surface area contributed by atoms with Crippen molar-refractivity contribution in [3.05, 3.63) is 135 Å². The highest BCUT2D eigenvalue weighted by atomic mass is 35.5. The first-order valence-electron chi connectivity index (χ1n) is 44.0. The Bertz CT molecular complexity index is 5230. The molecule has 0 spiro atoms. The van der Waals surface area contributed by atoms with Gasteiger partial charge in [0.25, 0.3) is 0 Å². The number of aromatic hydroxyl groups is 2. The minimum atomic E-state index is -2.21. The van der Waals surface area contributed by atoms with E-state index < -0.39 is 222 Å². The number of benzene rings is 6. The number of ether oxygens (including phenoxy) is 9. The Balaban J connectivity index is 0.950. The Kier molecular flexibility index (Phi) is 30.0. The van der Waals surface area contributed by atoms with Crippen LogP contribution in [0.3, 0.4) is 0 Å². The van der Waals surface area contributed by atoms with Crippen LogP contribution in [-0.4, -0.2) is 208 Å². The number of phenols is 2. The number of carbonyl (C=O) groups is 9. The van der Waals surface area contributed by atoms with Crippen molar-refractivity contribution in [2.75, 3.05) is 52.3 Å². The summed E-state index contributed by atoms with van der Waals surface area (Å²) in [5.41, 5.74) is 9.52. The van der Waals surface area contributed by atoms with Gasteiger partial charge in [0.1, 0.15) is 96.6 Å². The second-order valence-electron chi connectivity index (χ2n) is 36.1. The molecule has 7 aliphatic heterocycles. The summed E-state index contributed by atoms with van der Waals surface area (Å²) in [5, 5.41) is 116. The van der Waals surface area contributed by atoms with E-state index in [4.69, 9.17) is 77.3 Å². The lowest BCUT2D eigenvalue weighted by Crippen LogP contribution is -2.64. The number of Topliss-reactive ketones (excluding diaryl/α,β-unsaturated/α-hetero) is 3. The first-order valence-corrected chi connectivity index (χ1v) is 44.8. The van der Waals surface area contributed by atoms with E-state index in [1.165, 1.54) is 74.5 Å². The number of hydrogen-bond donors (Lipinski definition) is 17. The van der Waals surface area contributed by atoms with Crippen LogP contribution in [0.25, 0.3) is 11.1 Å². The third-order valence-corrected chi connectivity index (χ3v) is 26.7. The van der Waals surface area contributed by atoms with Gasteiger partial charge in [0.2, 0.25) is 41.6 Å². The van der Waals surface area contributed by atoms with E-state index in [-0.39, 0.29) is 128 Å². The normalized spacial score (nSPS) is 29.7. The highest BCUT2D eigenvalue weighted by Crippen LogP contribution is 2.59. The fourth-order valence-electron chi connectivity index (χ4n) is 19.7. The molecule has 18 atom stereocenters. The monoisotopic (exact) mass is 1840 g/mol. The Labute approximate surface area is 759 Å². The van der Waals surface area contributed by atoms with E-state index in [0.29, 0.717) is 37.1 Å². The third-order valence-electron chi connectivity index (χ3n) is 26.2. The number of fused-ring (bicyclic) bond motifs is 15. The fourth-order valence-corrected chi connectivity index (χ4v) is 20.1. The number of carbonyl (C=O) groups excluding carboxylic acids is 9. The molecule has 0 aromatic heterocycles. The number of rotatable bonds is 25. The molecule has 2 saturated heterocycles. The summed E-state index contributed by atoms with van der Waals surface area (Å²) in [6.07, 6.45) is -16.6. The van der Waals surface area contributed by atoms with Gasteiger partial charge in [0.05, 0.1) is 40.7 Å². The molecule has 35 nitrogen and oxygen atoms in total. The van der Waals surface area contributed by atoms with Crippen molar-refractivity contribution in [2.24, 2.45) is 58.8 Å². The summed E-state index contributed by atoms with van der Waals surface area (Å²) in [7, 11) is 3.51. The molecule has 19 N–H and O–H groups in total. The van der Waals surface area contributed by atoms with E-state index in [2.05, 4.69) is 37.2 Å². The van der Waals surface area contributed by atoms with E-state index >= 15 is 28.8 Å². The molecule has 37 heteroatoms. The Morgan fingerprint density at radius 1 is 0.677 bits per heavy atom. The maximum absolute atomic E-state index is 16.7. The number of likely N-dealkylation sites (N-methyl/N-ethyl adjacent to an activating group) is 2. The summed E-state index contributed by atoms with van der Waals surface area (Å²) in [6, 6.07) is 11.9. The quantitative estimate of drug-likeness (QED) is 0.0246. The average Bonchev–Trinajstić information content (AvgIpc) is 0.758. The van der Waals surface area contributed by atoms with E-state index in [1.807, 2.05) is 13.8 Å². The second-order valence-corrected chi connectivity index (χ2v) is 36.9. The van der Waals surface area contributed by atoms with Crippen LogP contribution in [0.1, 0.15) is 170 Å². The minimum absolute atomic E-state index is 0.0269. The average molecular weight is 1840 g/mol. The van der Waals surface area contributed by atoms with Gasteiger partial charge in [-0.2, -0.15) is 0 Å². The lowest BCUT2D eigenvalue weighted by molar-refractivity contribution is -0.333. The molecule has 4 aliphatic carbocycles. The van der Waals surface area contributed by atoms with Crippen molar-refractivity contribution >= 4 is 81.9 Å². The number of primary amides is 1. The Hall–Kier alpha value is -10.4. The molecule has 6 aromatic carbocycles. The van der Waals surface area contributed by atoms with Crippen LogP contribution >= 0.6 is 23.2 Å². The zero-order chi connectivity index (χ0) is 93.2. The van der Waals surface area contributed by atoms with Crippen LogP contribution < -0.4 is 77.1 Å². The van der Waals surface area contributed by atoms with Crippen LogP contribution in [-0.2, 0) is 52.6 Å². The number of aliphatic hydroxyl groups excluding tert-OH is 6. The first kappa shape index (κ1) is 95.7. The summed E-state index contributed by atoms with van der Waals surface area (Å²) in [4.78, 5) is 139. The topological polar surface area (TPSA) is 535 Å². The van der Waals surface area contributed by atoms with Crippen molar-refractivity contribution in [1.82, 2.24) is 31.9 Å². The summed E-state index contributed by atoms with van der Waals surface area (Å²) in [5.74, 6) is -15.5. The number of amides is 6. The van der Waals surface area contributed by atoms with Gasteiger partial charge >= 0.3 is 6.09 Å². The number of ketones is 3. The van der Waals surface area contributed by atoms with E-state index in [0.717, 1.165) is 62.4 Å². The lowest BCUT2D eigenvalue weighted by Gasteiger charge is -2.54. The molecule has 0 unspecified atom stereocenters. The maximum atomic E-state index is 16.7. The van der Waals surface area contributed by atoms with Crippen LogP contribution in [0, 0.1) is 47.3 Å². The van der Waals surface area contributed by atoms with Gasteiger partial charge in [-0.15, -0.1) is 0 Å². The molecule has 700 valence electrons. The van der Waals surface area contributed by atoms with Gasteiger partial charge in [-0.25, -0.2) is 4.79 Å². The zero-order valence-corrected chi connectivity index (χ0v) is 74.4. The molecule has 6 fully saturated rings. The zero-order valence-electron chi connectivity index (χ0n) is 72.9. The number of nitrogens with one attached hydrogen (secondary N) is 7. The molecule has 6 amide bonds. The molecule has 15 bridgehead atoms. The number of halogens is 2. The Morgan fingerprint density at radius 3 is 1.92 bits per heavy atom. The van der Waals surface area contributed by atoms with Crippen molar-refractivity contribution in [2.45, 2.75) is 209 Å². The predicted molar refractivity (Wildman–Crippen MR) is 469 cm³/mol. The molecular formula is C93H113Cl2N9O26. The number of aliphatic hydroxyl groups is 6. The highest BCUT2D eigenvalue weighted by Gasteiger charge is 2.53. The van der Waals surface area contributed by atoms with Gasteiger partial charge < -0.3 is 127 Å². The van der Waals surface area contributed by atoms with Crippen LogP contribution in [0.4, 0.5) is 10.5 Å². The van der Waals surface area contributed by atoms with E-state index in [1.54, 1.807) is 27.1 Å². The molecule has 6 aromatic rings.